The van der Waals surface area contributed by atoms with E-state index in [4.69, 9.17) is 0 Å². The third-order valence-electron chi connectivity index (χ3n) is 1.68. The van der Waals surface area contributed by atoms with Crippen molar-refractivity contribution in [2.24, 2.45) is 4.99 Å². The number of thioether (sulfide) groups is 1. The van der Waals surface area contributed by atoms with E-state index >= 15 is 0 Å². The molecule has 64 valence electrons. The summed E-state index contributed by atoms with van der Waals surface area (Å²) >= 11 is 1.93. The normalized spacial score (nSPS) is 21.4. The maximum Gasteiger partial charge on any atom is 0.0676 e. The van der Waals surface area contributed by atoms with Crippen LogP contribution in [0.2, 0.25) is 0 Å². The van der Waals surface area contributed by atoms with E-state index in [1.165, 1.54) is 30.1 Å². The molecule has 1 heterocycles. The molecule has 0 aromatic carbocycles. The van der Waals surface area contributed by atoms with Gasteiger partial charge in [-0.1, -0.05) is 0 Å². The molecule has 0 bridgehead atoms. The molecule has 3 heteroatoms. The Kier molecular flexibility index (Phi) is 4.62. The third-order valence-corrected chi connectivity index (χ3v) is 2.84. The fourth-order valence-corrected chi connectivity index (χ4v) is 2.07. The smallest absolute Gasteiger partial charge is 0.0676 e. The Bertz CT molecular complexity index is 126. The van der Waals surface area contributed by atoms with Crippen LogP contribution in [0.15, 0.2) is 4.99 Å². The Balaban J connectivity index is 2.03. The molecule has 0 aliphatic carbocycles. The average Bonchev–Trinajstić information content (AvgIpc) is 2.50. The second kappa shape index (κ2) is 5.61. The van der Waals surface area contributed by atoms with Gasteiger partial charge < -0.3 is 5.32 Å². The summed E-state index contributed by atoms with van der Waals surface area (Å²) in [6.45, 7) is 2.09. The molecule has 0 amide bonds. The van der Waals surface area contributed by atoms with Crippen molar-refractivity contribution < 1.29 is 0 Å². The number of hydrogen-bond acceptors (Lipinski definition) is 3. The Hall–Kier alpha value is -0.0200. The first-order valence-corrected chi connectivity index (χ1v) is 5.23. The summed E-state index contributed by atoms with van der Waals surface area (Å²) in [7, 11) is 1.98. The lowest BCUT2D eigenvalue weighted by Gasteiger charge is -1.96. The first kappa shape index (κ1) is 9.07. The highest BCUT2D eigenvalue weighted by atomic mass is 32.2. The van der Waals surface area contributed by atoms with Crippen LogP contribution >= 0.6 is 11.8 Å². The monoisotopic (exact) mass is 172 g/mol. The summed E-state index contributed by atoms with van der Waals surface area (Å²) < 4.78 is 0. The molecule has 0 saturated carbocycles. The van der Waals surface area contributed by atoms with E-state index in [0.29, 0.717) is 0 Å². The maximum absolute atomic E-state index is 4.50. The van der Waals surface area contributed by atoms with E-state index in [9.17, 15) is 0 Å². The van der Waals surface area contributed by atoms with Gasteiger partial charge in [0.15, 0.2) is 0 Å². The average molecular weight is 172 g/mol. The van der Waals surface area contributed by atoms with Crippen LogP contribution in [0.4, 0.5) is 0 Å². The summed E-state index contributed by atoms with van der Waals surface area (Å²) in [5.41, 5.74) is 0. The summed E-state index contributed by atoms with van der Waals surface area (Å²) in [6.07, 6.45) is 3.72. The lowest BCUT2D eigenvalue weighted by Crippen LogP contribution is -2.08. The first-order valence-electron chi connectivity index (χ1n) is 4.24. The van der Waals surface area contributed by atoms with Crippen molar-refractivity contribution in [2.75, 3.05) is 25.9 Å². The SMILES string of the molecule is CNCCCN=C1CCCS1. The van der Waals surface area contributed by atoms with Gasteiger partial charge in [0.1, 0.15) is 0 Å². The van der Waals surface area contributed by atoms with E-state index in [-0.39, 0.29) is 0 Å². The molecule has 0 spiro atoms. The molecule has 0 aromatic heterocycles. The van der Waals surface area contributed by atoms with Gasteiger partial charge in [0.05, 0.1) is 5.04 Å². The van der Waals surface area contributed by atoms with Gasteiger partial charge >= 0.3 is 0 Å². The van der Waals surface area contributed by atoms with Gasteiger partial charge in [-0.15, -0.1) is 11.8 Å². The number of rotatable bonds is 4. The van der Waals surface area contributed by atoms with E-state index in [1.54, 1.807) is 0 Å². The Labute approximate surface area is 72.9 Å². The zero-order valence-corrected chi connectivity index (χ0v) is 7.91. The van der Waals surface area contributed by atoms with E-state index < -0.39 is 0 Å². The first-order chi connectivity index (χ1) is 5.43. The highest BCUT2D eigenvalue weighted by molar-refractivity contribution is 8.14. The number of nitrogens with one attached hydrogen (secondary N) is 1. The topological polar surface area (TPSA) is 24.4 Å². The minimum atomic E-state index is 1.00. The molecule has 1 aliphatic rings. The van der Waals surface area contributed by atoms with Crippen LogP contribution in [0.25, 0.3) is 0 Å². The van der Waals surface area contributed by atoms with Gasteiger partial charge in [-0.05, 0) is 38.6 Å². The second-order valence-corrected chi connectivity index (χ2v) is 3.85. The summed E-state index contributed by atoms with van der Waals surface area (Å²) in [6, 6.07) is 0. The fraction of sp³-hybridized carbons (Fsp3) is 0.875. The van der Waals surface area contributed by atoms with Gasteiger partial charge in [-0.3, -0.25) is 4.99 Å². The van der Waals surface area contributed by atoms with Crippen molar-refractivity contribution >= 4 is 16.8 Å². The fourth-order valence-electron chi connectivity index (χ4n) is 1.07. The van der Waals surface area contributed by atoms with Gasteiger partial charge in [0.2, 0.25) is 0 Å². The Morgan fingerprint density at radius 2 is 2.55 bits per heavy atom. The second-order valence-electron chi connectivity index (χ2n) is 2.68. The molecule has 0 radical (unpaired) electrons. The molecule has 0 atom stereocenters. The minimum absolute atomic E-state index is 1.00. The van der Waals surface area contributed by atoms with Gasteiger partial charge in [0, 0.05) is 6.54 Å². The van der Waals surface area contributed by atoms with Crippen molar-refractivity contribution in [3.8, 4) is 0 Å². The molecule has 1 saturated heterocycles. The van der Waals surface area contributed by atoms with Crippen molar-refractivity contribution in [1.82, 2.24) is 5.32 Å². The lowest BCUT2D eigenvalue weighted by atomic mass is 10.4. The molecule has 2 nitrogen and oxygen atoms in total. The van der Waals surface area contributed by atoms with Crippen LogP contribution in [0, 0.1) is 0 Å². The molecular weight excluding hydrogens is 156 g/mol. The Morgan fingerprint density at radius 1 is 1.64 bits per heavy atom. The van der Waals surface area contributed by atoms with E-state index in [1.807, 2.05) is 18.8 Å². The van der Waals surface area contributed by atoms with Crippen LogP contribution in [-0.4, -0.2) is 30.9 Å². The molecule has 0 unspecified atom stereocenters. The molecule has 11 heavy (non-hydrogen) atoms. The summed E-state index contributed by atoms with van der Waals surface area (Å²) in [4.78, 5) is 4.50. The predicted octanol–water partition coefficient (Wildman–Crippen LogP) is 1.52. The van der Waals surface area contributed by atoms with Crippen LogP contribution < -0.4 is 5.32 Å². The number of aliphatic imine (C=N–C) groups is 1. The molecule has 1 N–H and O–H groups in total. The van der Waals surface area contributed by atoms with Gasteiger partial charge in [-0.2, -0.15) is 0 Å². The van der Waals surface area contributed by atoms with Crippen molar-refractivity contribution in [2.45, 2.75) is 19.3 Å². The van der Waals surface area contributed by atoms with Crippen LogP contribution in [-0.2, 0) is 0 Å². The predicted molar refractivity (Wildman–Crippen MR) is 52.5 cm³/mol. The molecular formula is C8H16N2S. The van der Waals surface area contributed by atoms with E-state index in [2.05, 4.69) is 10.3 Å². The largest absolute Gasteiger partial charge is 0.320 e. The zero-order valence-electron chi connectivity index (χ0n) is 7.10. The summed E-state index contributed by atoms with van der Waals surface area (Å²) in [5, 5.41) is 4.49. The van der Waals surface area contributed by atoms with Gasteiger partial charge in [-0.25, -0.2) is 0 Å². The van der Waals surface area contributed by atoms with Crippen LogP contribution in [0.1, 0.15) is 19.3 Å². The highest BCUT2D eigenvalue weighted by Gasteiger charge is 2.07. The van der Waals surface area contributed by atoms with Crippen LogP contribution in [0.5, 0.6) is 0 Å². The maximum atomic E-state index is 4.50. The lowest BCUT2D eigenvalue weighted by molar-refractivity contribution is 0.734. The number of hydrogen-bond donors (Lipinski definition) is 1. The minimum Gasteiger partial charge on any atom is -0.320 e. The highest BCUT2D eigenvalue weighted by Crippen LogP contribution is 2.20. The summed E-state index contributed by atoms with van der Waals surface area (Å²) in [5.74, 6) is 1.28. The molecule has 1 fully saturated rings. The van der Waals surface area contributed by atoms with E-state index in [0.717, 1.165) is 13.1 Å². The Morgan fingerprint density at radius 3 is 3.18 bits per heavy atom. The zero-order chi connectivity index (χ0) is 7.94. The van der Waals surface area contributed by atoms with Crippen LogP contribution in [0.3, 0.4) is 0 Å². The standard InChI is InChI=1S/C8H16N2S/c1-9-5-3-6-10-8-4-2-7-11-8/h9H,2-7H2,1H3. The molecule has 1 aliphatic heterocycles. The molecule has 0 aromatic rings. The third kappa shape index (κ3) is 3.77. The number of nitrogens with zero attached hydrogens (tertiary/aromatic N) is 1. The van der Waals surface area contributed by atoms with Gasteiger partial charge in [0.25, 0.3) is 0 Å². The van der Waals surface area contributed by atoms with Crippen molar-refractivity contribution in [3.63, 3.8) is 0 Å². The van der Waals surface area contributed by atoms with Crippen molar-refractivity contribution in [1.29, 1.82) is 0 Å². The molecule has 1 rings (SSSR count). The van der Waals surface area contributed by atoms with Crippen molar-refractivity contribution in [3.05, 3.63) is 0 Å². The quantitative estimate of drug-likeness (QED) is 0.650.